The van der Waals surface area contributed by atoms with Crippen molar-refractivity contribution in [2.24, 2.45) is 0 Å². The highest BCUT2D eigenvalue weighted by molar-refractivity contribution is 5.94. The van der Waals surface area contributed by atoms with Gasteiger partial charge in [0.2, 0.25) is 0 Å². The minimum Gasteiger partial charge on any atom is -0.388 e. The van der Waals surface area contributed by atoms with Crippen molar-refractivity contribution in [1.82, 2.24) is 5.32 Å². The van der Waals surface area contributed by atoms with Crippen molar-refractivity contribution < 1.29 is 4.79 Å². The summed E-state index contributed by atoms with van der Waals surface area (Å²) in [6.45, 7) is 10.6. The van der Waals surface area contributed by atoms with E-state index in [0.717, 1.165) is 5.69 Å². The highest BCUT2D eigenvalue weighted by Crippen LogP contribution is 2.07. The Morgan fingerprint density at radius 3 is 1.88 bits per heavy atom. The van der Waals surface area contributed by atoms with Gasteiger partial charge in [0.25, 0.3) is 5.91 Å². The predicted octanol–water partition coefficient (Wildman–Crippen LogP) is 3.53. The third kappa shape index (κ3) is 7.39. The van der Waals surface area contributed by atoms with Gasteiger partial charge in [0.1, 0.15) is 0 Å². The van der Waals surface area contributed by atoms with Crippen molar-refractivity contribution in [3.63, 3.8) is 0 Å². The molecule has 1 rings (SSSR count). The Balaban J connectivity index is 0. The van der Waals surface area contributed by atoms with E-state index in [2.05, 4.69) is 10.6 Å². The zero-order valence-electron chi connectivity index (χ0n) is 11.9. The third-order valence-electron chi connectivity index (χ3n) is 1.77. The van der Waals surface area contributed by atoms with Crippen molar-refractivity contribution in [1.29, 1.82) is 0 Å². The molecule has 0 bridgehead atoms. The summed E-state index contributed by atoms with van der Waals surface area (Å²) in [7, 11) is 1.85. The Bertz CT molecular complexity index is 281. The van der Waals surface area contributed by atoms with Gasteiger partial charge in [-0.25, -0.2) is 0 Å². The normalized spacial score (nSPS) is 7.88. The van der Waals surface area contributed by atoms with E-state index in [1.54, 1.807) is 12.1 Å². The topological polar surface area (TPSA) is 41.1 Å². The van der Waals surface area contributed by atoms with E-state index >= 15 is 0 Å². The molecule has 1 amide bonds. The first-order valence-electron chi connectivity index (χ1n) is 6.34. The van der Waals surface area contributed by atoms with Crippen molar-refractivity contribution in [3.05, 3.63) is 29.8 Å². The molecule has 2 N–H and O–H groups in total. The van der Waals surface area contributed by atoms with Gasteiger partial charge in [-0.05, 0) is 31.2 Å². The van der Waals surface area contributed by atoms with Gasteiger partial charge < -0.3 is 10.6 Å². The highest BCUT2D eigenvalue weighted by atomic mass is 16.1. The standard InChI is InChI=1S/C10H14N2O.2C2H6/c1-3-12-10(13)8-4-6-9(11-2)7-5-8;2*1-2/h4-7,11H,3H2,1-2H3,(H,12,13);2*1-2H3. The molecule has 17 heavy (non-hydrogen) atoms. The molecule has 0 saturated carbocycles. The van der Waals surface area contributed by atoms with E-state index in [1.807, 2.05) is 53.8 Å². The van der Waals surface area contributed by atoms with Crippen molar-refractivity contribution in [3.8, 4) is 0 Å². The number of anilines is 1. The van der Waals surface area contributed by atoms with Crippen LogP contribution in [0.3, 0.4) is 0 Å². The van der Waals surface area contributed by atoms with Crippen LogP contribution in [-0.2, 0) is 0 Å². The van der Waals surface area contributed by atoms with Crippen molar-refractivity contribution >= 4 is 11.6 Å². The molecule has 0 aliphatic rings. The van der Waals surface area contributed by atoms with Crippen LogP contribution in [0.4, 0.5) is 5.69 Å². The summed E-state index contributed by atoms with van der Waals surface area (Å²) in [5.74, 6) is -0.0230. The largest absolute Gasteiger partial charge is 0.388 e. The Kier molecular flexibility index (Phi) is 13.2. The van der Waals surface area contributed by atoms with Crippen LogP contribution in [0.25, 0.3) is 0 Å². The van der Waals surface area contributed by atoms with Gasteiger partial charge in [0.05, 0.1) is 0 Å². The number of hydrogen-bond acceptors (Lipinski definition) is 2. The van der Waals surface area contributed by atoms with E-state index in [9.17, 15) is 4.79 Å². The smallest absolute Gasteiger partial charge is 0.251 e. The minimum absolute atomic E-state index is 0.0230. The van der Waals surface area contributed by atoms with Crippen LogP contribution in [0.15, 0.2) is 24.3 Å². The molecule has 3 heteroatoms. The first-order chi connectivity index (χ1) is 8.27. The van der Waals surface area contributed by atoms with Gasteiger partial charge in [0, 0.05) is 24.8 Å². The number of rotatable bonds is 3. The lowest BCUT2D eigenvalue weighted by atomic mass is 10.2. The molecule has 98 valence electrons. The summed E-state index contributed by atoms with van der Waals surface area (Å²) in [6.07, 6.45) is 0. The molecule has 1 aromatic carbocycles. The third-order valence-corrected chi connectivity index (χ3v) is 1.77. The average Bonchev–Trinajstić information content (AvgIpc) is 2.43. The first kappa shape index (κ1) is 17.9. The van der Waals surface area contributed by atoms with Crippen molar-refractivity contribution in [2.75, 3.05) is 18.9 Å². The second-order valence-electron chi connectivity index (χ2n) is 2.69. The number of amides is 1. The molecule has 3 nitrogen and oxygen atoms in total. The number of benzene rings is 1. The minimum atomic E-state index is -0.0230. The summed E-state index contributed by atoms with van der Waals surface area (Å²) < 4.78 is 0. The fourth-order valence-electron chi connectivity index (χ4n) is 1.05. The van der Waals surface area contributed by atoms with Crippen LogP contribution in [-0.4, -0.2) is 19.5 Å². The number of carbonyl (C=O) groups is 1. The van der Waals surface area contributed by atoms with E-state index in [-0.39, 0.29) is 5.91 Å². The molecule has 0 heterocycles. The van der Waals surface area contributed by atoms with Crippen LogP contribution in [0.2, 0.25) is 0 Å². The molecule has 0 atom stereocenters. The summed E-state index contributed by atoms with van der Waals surface area (Å²) in [5.41, 5.74) is 1.70. The fraction of sp³-hybridized carbons (Fsp3) is 0.500. The van der Waals surface area contributed by atoms with E-state index < -0.39 is 0 Å². The maximum atomic E-state index is 11.3. The Labute approximate surface area is 106 Å². The van der Waals surface area contributed by atoms with E-state index in [1.165, 1.54) is 0 Å². The quantitative estimate of drug-likeness (QED) is 0.845. The molecule has 0 aliphatic heterocycles. The monoisotopic (exact) mass is 238 g/mol. The van der Waals surface area contributed by atoms with Crippen LogP contribution in [0.5, 0.6) is 0 Å². The summed E-state index contributed by atoms with van der Waals surface area (Å²) in [6, 6.07) is 7.36. The SMILES string of the molecule is CC.CC.CCNC(=O)c1ccc(NC)cc1. The molecule has 0 radical (unpaired) electrons. The number of nitrogens with one attached hydrogen (secondary N) is 2. The maximum Gasteiger partial charge on any atom is 0.251 e. The van der Waals surface area contributed by atoms with Crippen LogP contribution in [0.1, 0.15) is 45.0 Å². The van der Waals surface area contributed by atoms with Gasteiger partial charge >= 0.3 is 0 Å². The zero-order chi connectivity index (χ0) is 13.7. The summed E-state index contributed by atoms with van der Waals surface area (Å²) in [4.78, 5) is 11.3. The average molecular weight is 238 g/mol. The predicted molar refractivity (Wildman–Crippen MR) is 76.7 cm³/mol. The molecule has 0 unspecified atom stereocenters. The number of hydrogen-bond donors (Lipinski definition) is 2. The maximum absolute atomic E-state index is 11.3. The lowest BCUT2D eigenvalue weighted by Gasteiger charge is -2.03. The molecule has 0 aliphatic carbocycles. The molecule has 1 aromatic rings. The Morgan fingerprint density at radius 1 is 1.06 bits per heavy atom. The lowest BCUT2D eigenvalue weighted by Crippen LogP contribution is -2.22. The number of carbonyl (C=O) groups excluding carboxylic acids is 1. The van der Waals surface area contributed by atoms with Crippen LogP contribution >= 0.6 is 0 Å². The molecular weight excluding hydrogens is 212 g/mol. The van der Waals surface area contributed by atoms with Crippen LogP contribution in [0, 0.1) is 0 Å². The second-order valence-corrected chi connectivity index (χ2v) is 2.69. The van der Waals surface area contributed by atoms with Gasteiger partial charge in [-0.3, -0.25) is 4.79 Å². The highest BCUT2D eigenvalue weighted by Gasteiger charge is 2.01. The summed E-state index contributed by atoms with van der Waals surface area (Å²) in [5, 5.41) is 5.73. The first-order valence-corrected chi connectivity index (χ1v) is 6.34. The molecular formula is C14H26N2O. The second kappa shape index (κ2) is 12.6. The Hall–Kier alpha value is -1.51. The summed E-state index contributed by atoms with van der Waals surface area (Å²) >= 11 is 0. The van der Waals surface area contributed by atoms with Gasteiger partial charge in [0.15, 0.2) is 0 Å². The van der Waals surface area contributed by atoms with Crippen molar-refractivity contribution in [2.45, 2.75) is 34.6 Å². The molecule has 0 spiro atoms. The zero-order valence-corrected chi connectivity index (χ0v) is 11.9. The molecule has 0 fully saturated rings. The lowest BCUT2D eigenvalue weighted by molar-refractivity contribution is 0.0956. The fourth-order valence-corrected chi connectivity index (χ4v) is 1.05. The molecule has 0 saturated heterocycles. The van der Waals surface area contributed by atoms with E-state index in [0.29, 0.717) is 12.1 Å². The van der Waals surface area contributed by atoms with Gasteiger partial charge in [-0.15, -0.1) is 0 Å². The van der Waals surface area contributed by atoms with Gasteiger partial charge in [-0.1, -0.05) is 27.7 Å². The Morgan fingerprint density at radius 2 is 1.53 bits per heavy atom. The van der Waals surface area contributed by atoms with Crippen LogP contribution < -0.4 is 10.6 Å². The van der Waals surface area contributed by atoms with E-state index in [4.69, 9.17) is 0 Å². The molecule has 0 aromatic heterocycles. The van der Waals surface area contributed by atoms with Gasteiger partial charge in [-0.2, -0.15) is 0 Å².